The molecule has 0 aromatic heterocycles. The van der Waals surface area contributed by atoms with E-state index in [1.807, 2.05) is 52.0 Å². The Kier molecular flexibility index (Phi) is 7.70. The standard InChI is InChI=1S/C36H34O8/c1-17-9-27(37)31(41)13-23(17)35(24-14-32(42)28(38)10-18(24)2)21-5-7-22(8-6-21)36(25-15-33(43)29(39)11-19(25)3)26-16-34(44)30(40)12-20(26)4/h5-16,35-44H,1-4H3. The lowest BCUT2D eigenvalue weighted by atomic mass is 9.78. The van der Waals surface area contributed by atoms with Gasteiger partial charge in [-0.3, -0.25) is 0 Å². The van der Waals surface area contributed by atoms with Crippen molar-refractivity contribution in [2.24, 2.45) is 0 Å². The van der Waals surface area contributed by atoms with E-state index in [9.17, 15) is 40.9 Å². The topological polar surface area (TPSA) is 162 Å². The molecule has 0 aliphatic rings. The van der Waals surface area contributed by atoms with Crippen LogP contribution in [0, 0.1) is 27.7 Å². The Labute approximate surface area is 254 Å². The van der Waals surface area contributed by atoms with Crippen LogP contribution in [0.15, 0.2) is 72.8 Å². The number of phenolic OH excluding ortho intramolecular Hbond substituents is 8. The van der Waals surface area contributed by atoms with Crippen LogP contribution in [0.3, 0.4) is 0 Å². The smallest absolute Gasteiger partial charge is 0.157 e. The molecule has 5 aromatic carbocycles. The second-order valence-electron chi connectivity index (χ2n) is 11.3. The molecule has 5 rings (SSSR count). The van der Waals surface area contributed by atoms with Crippen molar-refractivity contribution in [3.63, 3.8) is 0 Å². The third-order valence-electron chi connectivity index (χ3n) is 8.30. The van der Waals surface area contributed by atoms with Crippen LogP contribution in [0.5, 0.6) is 46.0 Å². The van der Waals surface area contributed by atoms with Gasteiger partial charge in [-0.2, -0.15) is 0 Å². The molecule has 0 saturated carbocycles. The van der Waals surface area contributed by atoms with Gasteiger partial charge in [-0.25, -0.2) is 0 Å². The second kappa shape index (κ2) is 11.3. The van der Waals surface area contributed by atoms with E-state index in [1.54, 1.807) is 0 Å². The molecule has 226 valence electrons. The third kappa shape index (κ3) is 5.38. The fourth-order valence-corrected chi connectivity index (χ4v) is 5.97. The summed E-state index contributed by atoms with van der Waals surface area (Å²) in [4.78, 5) is 0. The van der Waals surface area contributed by atoms with Crippen LogP contribution in [0.4, 0.5) is 0 Å². The van der Waals surface area contributed by atoms with Crippen molar-refractivity contribution in [1.29, 1.82) is 0 Å². The van der Waals surface area contributed by atoms with E-state index in [-0.39, 0.29) is 46.0 Å². The highest BCUT2D eigenvalue weighted by Crippen LogP contribution is 2.45. The van der Waals surface area contributed by atoms with Crippen molar-refractivity contribution >= 4 is 0 Å². The molecule has 0 unspecified atom stereocenters. The van der Waals surface area contributed by atoms with E-state index >= 15 is 0 Å². The lowest BCUT2D eigenvalue weighted by molar-refractivity contribution is 0.401. The lowest BCUT2D eigenvalue weighted by Gasteiger charge is -2.26. The van der Waals surface area contributed by atoms with Gasteiger partial charge in [0.2, 0.25) is 0 Å². The third-order valence-corrected chi connectivity index (χ3v) is 8.30. The summed E-state index contributed by atoms with van der Waals surface area (Å²) in [5.41, 5.74) is 7.07. The fourth-order valence-electron chi connectivity index (χ4n) is 5.97. The normalized spacial score (nSPS) is 11.4. The molecule has 0 fully saturated rings. The largest absolute Gasteiger partial charge is 0.504 e. The van der Waals surface area contributed by atoms with Gasteiger partial charge in [-0.1, -0.05) is 24.3 Å². The van der Waals surface area contributed by atoms with Crippen molar-refractivity contribution in [3.05, 3.63) is 128 Å². The molecule has 0 radical (unpaired) electrons. The SMILES string of the molecule is Cc1cc(O)c(O)cc1C(c1ccc(C(c2cc(O)c(O)cc2C)c2cc(O)c(O)cc2C)cc1)c1cc(O)c(O)cc1C. The maximum absolute atomic E-state index is 10.4. The highest BCUT2D eigenvalue weighted by molar-refractivity contribution is 5.60. The molecule has 5 aromatic rings. The van der Waals surface area contributed by atoms with E-state index in [1.165, 1.54) is 48.5 Å². The Morgan fingerprint density at radius 2 is 0.500 bits per heavy atom. The first-order chi connectivity index (χ1) is 20.8. The Morgan fingerprint density at radius 3 is 0.705 bits per heavy atom. The van der Waals surface area contributed by atoms with Crippen LogP contribution in [-0.4, -0.2) is 40.9 Å². The maximum Gasteiger partial charge on any atom is 0.157 e. The molecule has 8 nitrogen and oxygen atoms in total. The fraction of sp³-hybridized carbons (Fsp3) is 0.167. The predicted molar refractivity (Wildman–Crippen MR) is 166 cm³/mol. The molecule has 0 heterocycles. The Hall–Kier alpha value is -5.50. The van der Waals surface area contributed by atoms with E-state index in [2.05, 4.69) is 0 Å². The minimum Gasteiger partial charge on any atom is -0.504 e. The second-order valence-corrected chi connectivity index (χ2v) is 11.3. The average Bonchev–Trinajstić information content (AvgIpc) is 2.96. The van der Waals surface area contributed by atoms with Crippen molar-refractivity contribution in [2.75, 3.05) is 0 Å². The maximum atomic E-state index is 10.4. The van der Waals surface area contributed by atoms with E-state index in [0.29, 0.717) is 44.5 Å². The molecule has 44 heavy (non-hydrogen) atoms. The van der Waals surface area contributed by atoms with E-state index in [0.717, 1.165) is 11.1 Å². The van der Waals surface area contributed by atoms with Gasteiger partial charge in [-0.05, 0) is 132 Å². The summed E-state index contributed by atoms with van der Waals surface area (Å²) in [5.74, 6) is -3.23. The van der Waals surface area contributed by atoms with Gasteiger partial charge < -0.3 is 40.9 Å². The van der Waals surface area contributed by atoms with Crippen LogP contribution < -0.4 is 0 Å². The van der Waals surface area contributed by atoms with Crippen molar-refractivity contribution in [2.45, 2.75) is 39.5 Å². The number of benzene rings is 5. The molecular formula is C36H34O8. The summed E-state index contributed by atoms with van der Waals surface area (Å²) in [6.45, 7) is 7.23. The highest BCUT2D eigenvalue weighted by atomic mass is 16.3. The van der Waals surface area contributed by atoms with Crippen LogP contribution in [-0.2, 0) is 0 Å². The molecule has 0 atom stereocenters. The Balaban J connectivity index is 1.72. The summed E-state index contributed by atoms with van der Waals surface area (Å²) in [5, 5.41) is 82.2. The first-order valence-electron chi connectivity index (χ1n) is 14.0. The monoisotopic (exact) mass is 594 g/mol. The van der Waals surface area contributed by atoms with Gasteiger partial charge in [0, 0.05) is 11.8 Å². The van der Waals surface area contributed by atoms with Crippen LogP contribution in [0.1, 0.15) is 67.5 Å². The molecular weight excluding hydrogens is 560 g/mol. The van der Waals surface area contributed by atoms with Crippen LogP contribution in [0.25, 0.3) is 0 Å². The summed E-state index contributed by atoms with van der Waals surface area (Å²) in [6, 6.07) is 19.4. The summed E-state index contributed by atoms with van der Waals surface area (Å²) in [7, 11) is 0. The average molecular weight is 595 g/mol. The first kappa shape index (κ1) is 30.0. The first-order valence-corrected chi connectivity index (χ1v) is 14.0. The number of rotatable bonds is 6. The molecule has 0 aliphatic heterocycles. The number of aryl methyl sites for hydroxylation is 4. The molecule has 0 aliphatic carbocycles. The van der Waals surface area contributed by atoms with Gasteiger partial charge in [0.25, 0.3) is 0 Å². The zero-order valence-electron chi connectivity index (χ0n) is 24.7. The molecule has 0 saturated heterocycles. The highest BCUT2D eigenvalue weighted by Gasteiger charge is 2.27. The van der Waals surface area contributed by atoms with Crippen molar-refractivity contribution in [3.8, 4) is 46.0 Å². The minimum atomic E-state index is -0.514. The molecule has 8 N–H and O–H groups in total. The van der Waals surface area contributed by atoms with Gasteiger partial charge in [0.05, 0.1) is 0 Å². The van der Waals surface area contributed by atoms with Crippen LogP contribution in [0.2, 0.25) is 0 Å². The molecule has 8 heteroatoms. The van der Waals surface area contributed by atoms with Gasteiger partial charge >= 0.3 is 0 Å². The molecule has 0 spiro atoms. The van der Waals surface area contributed by atoms with Crippen LogP contribution >= 0.6 is 0 Å². The van der Waals surface area contributed by atoms with Crippen molar-refractivity contribution < 1.29 is 40.9 Å². The quantitative estimate of drug-likeness (QED) is 0.0776. The van der Waals surface area contributed by atoms with E-state index < -0.39 is 11.8 Å². The van der Waals surface area contributed by atoms with Gasteiger partial charge in [0.1, 0.15) is 0 Å². The number of phenols is 8. The molecule has 0 bridgehead atoms. The van der Waals surface area contributed by atoms with Crippen molar-refractivity contribution in [1.82, 2.24) is 0 Å². The number of hydrogen-bond donors (Lipinski definition) is 8. The zero-order chi connectivity index (χ0) is 32.0. The Morgan fingerprint density at radius 1 is 0.318 bits per heavy atom. The van der Waals surface area contributed by atoms with Gasteiger partial charge in [0.15, 0.2) is 46.0 Å². The Bertz CT molecular complexity index is 1640. The predicted octanol–water partition coefficient (Wildman–Crippen LogP) is 6.93. The zero-order valence-corrected chi connectivity index (χ0v) is 24.7. The lowest BCUT2D eigenvalue weighted by Crippen LogP contribution is -2.10. The summed E-state index contributed by atoms with van der Waals surface area (Å²) >= 11 is 0. The number of aromatic hydroxyl groups is 8. The van der Waals surface area contributed by atoms with Gasteiger partial charge in [-0.15, -0.1) is 0 Å². The summed E-state index contributed by atoms with van der Waals surface area (Å²) < 4.78 is 0. The molecule has 0 amide bonds. The van der Waals surface area contributed by atoms with E-state index in [4.69, 9.17) is 0 Å². The minimum absolute atomic E-state index is 0.256. The number of hydrogen-bond acceptors (Lipinski definition) is 8. The summed E-state index contributed by atoms with van der Waals surface area (Å²) in [6.07, 6.45) is 0.